The first-order chi connectivity index (χ1) is 19.4. The van der Waals surface area contributed by atoms with Gasteiger partial charge in [-0.15, -0.1) is 0 Å². The van der Waals surface area contributed by atoms with Crippen LogP contribution in [0, 0.1) is 0 Å². The molecule has 0 spiro atoms. The Morgan fingerprint density at radius 1 is 0.975 bits per heavy atom. The lowest BCUT2D eigenvalue weighted by Gasteiger charge is -2.12. The summed E-state index contributed by atoms with van der Waals surface area (Å²) in [5.74, 6) is -2.52. The predicted octanol–water partition coefficient (Wildman–Crippen LogP) is 3.81. The number of aromatic amines is 1. The van der Waals surface area contributed by atoms with E-state index in [9.17, 15) is 19.2 Å². The Bertz CT molecular complexity index is 1780. The van der Waals surface area contributed by atoms with Crippen molar-refractivity contribution in [3.63, 3.8) is 0 Å². The van der Waals surface area contributed by atoms with Gasteiger partial charge in [0.25, 0.3) is 6.01 Å². The molecular formula is C29H24N4O7. The Hall–Kier alpha value is -5.32. The van der Waals surface area contributed by atoms with E-state index in [1.165, 1.54) is 0 Å². The van der Waals surface area contributed by atoms with Crippen molar-refractivity contribution < 1.29 is 28.4 Å². The number of aromatic nitrogens is 4. The van der Waals surface area contributed by atoms with Crippen molar-refractivity contribution in [3.8, 4) is 28.5 Å². The molecule has 0 amide bonds. The largest absolute Gasteiger partial charge is 0.465 e. The number of carbonyl (C=O) groups excluding carboxylic acids is 3. The maximum Gasteiger partial charge on any atom is 0.439 e. The van der Waals surface area contributed by atoms with Crippen molar-refractivity contribution in [2.75, 3.05) is 13.2 Å². The average molecular weight is 541 g/mol. The molecule has 0 radical (unpaired) electrons. The summed E-state index contributed by atoms with van der Waals surface area (Å²) in [6, 6.07) is 20.6. The van der Waals surface area contributed by atoms with Crippen molar-refractivity contribution in [1.82, 2.24) is 19.7 Å². The molecule has 5 rings (SSSR count). The van der Waals surface area contributed by atoms with E-state index in [1.807, 2.05) is 55.5 Å². The number of nitrogens with one attached hydrogen (secondary N) is 1. The van der Waals surface area contributed by atoms with Crippen LogP contribution in [0.3, 0.4) is 0 Å². The van der Waals surface area contributed by atoms with Crippen LogP contribution in [0.5, 0.6) is 6.01 Å². The Balaban J connectivity index is 1.48. The minimum absolute atomic E-state index is 0.194. The molecular weight excluding hydrogens is 516 g/mol. The molecule has 0 aliphatic rings. The number of imidazole rings is 1. The Kier molecular flexibility index (Phi) is 7.36. The number of ether oxygens (including phenoxy) is 2. The first kappa shape index (κ1) is 26.3. The highest BCUT2D eigenvalue weighted by atomic mass is 16.5. The molecule has 1 N–H and O–H groups in total. The average Bonchev–Trinajstić information content (AvgIpc) is 3.55. The van der Waals surface area contributed by atoms with E-state index in [0.29, 0.717) is 41.6 Å². The minimum Gasteiger partial charge on any atom is -0.465 e. The third-order valence-electron chi connectivity index (χ3n) is 6.18. The summed E-state index contributed by atoms with van der Waals surface area (Å²) in [5, 5.41) is 3.81. The number of Topliss-reactive ketones (excluding diaryl/α,β-unsaturated/α-hetero) is 2. The van der Waals surface area contributed by atoms with Crippen LogP contribution in [0.1, 0.15) is 29.8 Å². The quantitative estimate of drug-likeness (QED) is 0.206. The zero-order valence-corrected chi connectivity index (χ0v) is 21.7. The van der Waals surface area contributed by atoms with Gasteiger partial charge in [-0.05, 0) is 35.7 Å². The van der Waals surface area contributed by atoms with E-state index in [-0.39, 0.29) is 5.56 Å². The normalized spacial score (nSPS) is 10.9. The molecule has 0 atom stereocenters. The van der Waals surface area contributed by atoms with E-state index in [0.717, 1.165) is 23.6 Å². The lowest BCUT2D eigenvalue weighted by molar-refractivity contribution is -0.137. The van der Waals surface area contributed by atoms with Gasteiger partial charge in [-0.1, -0.05) is 59.8 Å². The second-order valence-corrected chi connectivity index (χ2v) is 8.83. The number of hydrogen-bond acceptors (Lipinski definition) is 9. The van der Waals surface area contributed by atoms with E-state index in [2.05, 4.69) is 19.6 Å². The number of rotatable bonds is 10. The summed E-state index contributed by atoms with van der Waals surface area (Å²) in [4.78, 5) is 54.4. The molecule has 5 aromatic rings. The van der Waals surface area contributed by atoms with Gasteiger partial charge in [-0.25, -0.2) is 9.59 Å². The number of benzene rings is 3. The third kappa shape index (κ3) is 5.30. The molecule has 2 aromatic heterocycles. The maximum absolute atomic E-state index is 12.9. The third-order valence-corrected chi connectivity index (χ3v) is 6.18. The van der Waals surface area contributed by atoms with Gasteiger partial charge < -0.3 is 9.47 Å². The highest BCUT2D eigenvalue weighted by molar-refractivity contribution is 6.37. The molecule has 202 valence electrons. The molecule has 0 saturated heterocycles. The van der Waals surface area contributed by atoms with Gasteiger partial charge in [0.2, 0.25) is 5.78 Å². The van der Waals surface area contributed by atoms with E-state index < -0.39 is 29.9 Å². The summed E-state index contributed by atoms with van der Waals surface area (Å²) < 4.78 is 17.3. The van der Waals surface area contributed by atoms with E-state index >= 15 is 0 Å². The number of ketones is 2. The molecule has 0 bridgehead atoms. The lowest BCUT2D eigenvalue weighted by atomic mass is 9.98. The summed E-state index contributed by atoms with van der Waals surface area (Å²) >= 11 is 0. The number of carbonyl (C=O) groups is 3. The first-order valence-corrected chi connectivity index (χ1v) is 12.4. The van der Waals surface area contributed by atoms with Gasteiger partial charge in [-0.3, -0.25) is 23.7 Å². The van der Waals surface area contributed by atoms with Gasteiger partial charge in [0.15, 0.2) is 18.2 Å². The zero-order chi connectivity index (χ0) is 28.2. The second-order valence-electron chi connectivity index (χ2n) is 8.83. The van der Waals surface area contributed by atoms with Crippen molar-refractivity contribution in [3.05, 3.63) is 88.4 Å². The predicted molar refractivity (Wildman–Crippen MR) is 144 cm³/mol. The Morgan fingerprint density at radius 2 is 1.73 bits per heavy atom. The van der Waals surface area contributed by atoms with Gasteiger partial charge >= 0.3 is 11.7 Å². The molecule has 11 nitrogen and oxygen atoms in total. The molecule has 11 heteroatoms. The van der Waals surface area contributed by atoms with Crippen molar-refractivity contribution in [2.45, 2.75) is 20.4 Å². The SMILES string of the molecule is CCOc1nc2cccc(C(=O)OCC(=O)C(C)=O)c2n1Cc1ccc(-c2ccccc2-c2noc(=O)[nH]2)cc1. The molecule has 0 saturated carbocycles. The van der Waals surface area contributed by atoms with Crippen LogP contribution in [0.25, 0.3) is 33.5 Å². The summed E-state index contributed by atoms with van der Waals surface area (Å²) in [7, 11) is 0. The van der Waals surface area contributed by atoms with Gasteiger partial charge in [0.05, 0.1) is 29.7 Å². The number of esters is 1. The highest BCUT2D eigenvalue weighted by Crippen LogP contribution is 2.31. The maximum atomic E-state index is 12.9. The van der Waals surface area contributed by atoms with Gasteiger partial charge in [0, 0.05) is 12.5 Å². The standard InChI is InChI=1S/C29H24N4O7/c1-3-38-28-30-23-10-6-9-22(27(36)39-16-24(35)17(2)34)25(23)33(28)15-18-11-13-19(14-12-18)20-7-4-5-8-21(20)26-31-29(37)40-32-26/h4-14H,3,15-16H2,1-2H3,(H,31,32,37). The molecule has 40 heavy (non-hydrogen) atoms. The summed E-state index contributed by atoms with van der Waals surface area (Å²) in [6.07, 6.45) is 0. The fourth-order valence-electron chi connectivity index (χ4n) is 4.28. The fourth-order valence-corrected chi connectivity index (χ4v) is 4.28. The molecule has 0 aliphatic heterocycles. The lowest BCUT2D eigenvalue weighted by Crippen LogP contribution is -2.20. The summed E-state index contributed by atoms with van der Waals surface area (Å²) in [6.45, 7) is 3.00. The number of nitrogens with zero attached hydrogens (tertiary/aromatic N) is 3. The van der Waals surface area contributed by atoms with Crippen molar-refractivity contribution in [1.29, 1.82) is 0 Å². The number of fused-ring (bicyclic) bond motifs is 1. The summed E-state index contributed by atoms with van der Waals surface area (Å²) in [5.41, 5.74) is 4.55. The Morgan fingerprint density at radius 3 is 2.40 bits per heavy atom. The molecule has 0 fully saturated rings. The fraction of sp³-hybridized carbons (Fsp3) is 0.172. The van der Waals surface area contributed by atoms with Gasteiger partial charge in [0.1, 0.15) is 0 Å². The van der Waals surface area contributed by atoms with Crippen LogP contribution in [-0.2, 0) is 20.9 Å². The van der Waals surface area contributed by atoms with Crippen LogP contribution in [0.2, 0.25) is 0 Å². The second kappa shape index (κ2) is 11.2. The van der Waals surface area contributed by atoms with E-state index in [1.54, 1.807) is 22.8 Å². The van der Waals surface area contributed by atoms with Crippen LogP contribution in [-0.4, -0.2) is 50.4 Å². The number of H-pyrrole nitrogens is 1. The minimum atomic E-state index is -0.791. The van der Waals surface area contributed by atoms with Crippen LogP contribution < -0.4 is 10.5 Å². The topological polar surface area (TPSA) is 146 Å². The first-order valence-electron chi connectivity index (χ1n) is 12.4. The van der Waals surface area contributed by atoms with Crippen molar-refractivity contribution >= 4 is 28.6 Å². The van der Waals surface area contributed by atoms with Crippen LogP contribution in [0.15, 0.2) is 76.0 Å². The molecule has 2 heterocycles. The van der Waals surface area contributed by atoms with E-state index in [4.69, 9.17) is 9.47 Å². The van der Waals surface area contributed by atoms with Gasteiger partial charge in [-0.2, -0.15) is 4.98 Å². The smallest absolute Gasteiger partial charge is 0.439 e. The highest BCUT2D eigenvalue weighted by Gasteiger charge is 2.22. The number of hydrogen-bond donors (Lipinski definition) is 1. The van der Waals surface area contributed by atoms with Crippen LogP contribution >= 0.6 is 0 Å². The zero-order valence-electron chi connectivity index (χ0n) is 21.7. The van der Waals surface area contributed by atoms with Crippen LogP contribution in [0.4, 0.5) is 0 Å². The number of para-hydroxylation sites is 1. The van der Waals surface area contributed by atoms with Crippen molar-refractivity contribution in [2.24, 2.45) is 0 Å². The monoisotopic (exact) mass is 540 g/mol. The molecule has 3 aromatic carbocycles. The molecule has 0 aliphatic carbocycles. The molecule has 0 unspecified atom stereocenters. The Labute approximate surface area is 227 Å².